The van der Waals surface area contributed by atoms with E-state index in [2.05, 4.69) is 0 Å². The molecule has 1 aromatic carbocycles. The number of likely N-dealkylation sites (tertiary alicyclic amines) is 1. The van der Waals surface area contributed by atoms with Crippen LogP contribution >= 0.6 is 0 Å². The summed E-state index contributed by atoms with van der Waals surface area (Å²) in [5, 5.41) is 0. The van der Waals surface area contributed by atoms with Gasteiger partial charge in [0, 0.05) is 18.5 Å². The van der Waals surface area contributed by atoms with E-state index in [0.717, 1.165) is 18.4 Å². The highest BCUT2D eigenvalue weighted by Gasteiger charge is 2.31. The average Bonchev–Trinajstić information content (AvgIpc) is 2.46. The van der Waals surface area contributed by atoms with Gasteiger partial charge in [0.15, 0.2) is 0 Å². The Bertz CT molecular complexity index is 472. The molecule has 2 atom stereocenters. The number of ether oxygens (including phenoxy) is 1. The third-order valence-corrected chi connectivity index (χ3v) is 3.90. The molecule has 1 heterocycles. The topological polar surface area (TPSA) is 46.6 Å². The highest BCUT2D eigenvalue weighted by atomic mass is 16.6. The molecule has 0 unspecified atom stereocenters. The van der Waals surface area contributed by atoms with Gasteiger partial charge in [-0.25, -0.2) is 4.79 Å². The lowest BCUT2D eigenvalue weighted by atomic mass is 9.91. The van der Waals surface area contributed by atoms with Gasteiger partial charge in [-0.2, -0.15) is 0 Å². The Kier molecular flexibility index (Phi) is 4.77. The number of carbonyl (C=O) groups is 2. The number of ketones is 1. The maximum absolute atomic E-state index is 12.1. The van der Waals surface area contributed by atoms with E-state index in [0.29, 0.717) is 6.54 Å². The summed E-state index contributed by atoms with van der Waals surface area (Å²) in [7, 11) is 0. The van der Waals surface area contributed by atoms with Crippen molar-refractivity contribution in [2.24, 2.45) is 5.92 Å². The van der Waals surface area contributed by atoms with Crippen molar-refractivity contribution in [1.29, 1.82) is 0 Å². The van der Waals surface area contributed by atoms with Crippen LogP contribution in [0.1, 0.15) is 32.3 Å². The van der Waals surface area contributed by atoms with Crippen LogP contribution in [0.4, 0.5) is 4.79 Å². The fraction of sp³-hybridized carbons (Fsp3) is 0.500. The van der Waals surface area contributed by atoms with Gasteiger partial charge in [0.1, 0.15) is 12.4 Å². The lowest BCUT2D eigenvalue weighted by molar-refractivity contribution is -0.122. The molecule has 4 nitrogen and oxygen atoms in total. The van der Waals surface area contributed by atoms with Gasteiger partial charge in [-0.1, -0.05) is 30.3 Å². The Hall–Kier alpha value is -1.84. The minimum atomic E-state index is -0.327. The summed E-state index contributed by atoms with van der Waals surface area (Å²) in [5.41, 5.74) is 0.966. The summed E-state index contributed by atoms with van der Waals surface area (Å²) in [6.07, 6.45) is 1.39. The molecule has 2 rings (SSSR count). The Morgan fingerprint density at radius 3 is 2.60 bits per heavy atom. The monoisotopic (exact) mass is 275 g/mol. The summed E-state index contributed by atoms with van der Waals surface area (Å²) >= 11 is 0. The van der Waals surface area contributed by atoms with E-state index in [-0.39, 0.29) is 30.4 Å². The third kappa shape index (κ3) is 3.59. The van der Waals surface area contributed by atoms with E-state index in [9.17, 15) is 9.59 Å². The van der Waals surface area contributed by atoms with Crippen molar-refractivity contribution in [1.82, 2.24) is 4.90 Å². The lowest BCUT2D eigenvalue weighted by Crippen LogP contribution is -2.47. The summed E-state index contributed by atoms with van der Waals surface area (Å²) in [5.74, 6) is 0.105. The second-order valence-electron chi connectivity index (χ2n) is 5.43. The number of piperidine rings is 1. The quantitative estimate of drug-likeness (QED) is 0.852. The van der Waals surface area contributed by atoms with E-state index in [1.54, 1.807) is 11.8 Å². The van der Waals surface area contributed by atoms with Crippen molar-refractivity contribution in [2.45, 2.75) is 39.3 Å². The van der Waals surface area contributed by atoms with E-state index < -0.39 is 0 Å². The van der Waals surface area contributed by atoms with E-state index >= 15 is 0 Å². The zero-order valence-corrected chi connectivity index (χ0v) is 12.0. The molecule has 1 fully saturated rings. The van der Waals surface area contributed by atoms with Crippen molar-refractivity contribution in [3.63, 3.8) is 0 Å². The highest BCUT2D eigenvalue weighted by Crippen LogP contribution is 2.23. The van der Waals surface area contributed by atoms with Crippen LogP contribution in [0.3, 0.4) is 0 Å². The van der Waals surface area contributed by atoms with Gasteiger partial charge >= 0.3 is 6.09 Å². The van der Waals surface area contributed by atoms with Crippen molar-refractivity contribution in [3.8, 4) is 0 Å². The van der Waals surface area contributed by atoms with Crippen molar-refractivity contribution in [3.05, 3.63) is 35.9 Å². The molecule has 108 valence electrons. The van der Waals surface area contributed by atoms with Gasteiger partial charge in [0.05, 0.1) is 0 Å². The third-order valence-electron chi connectivity index (χ3n) is 3.90. The van der Waals surface area contributed by atoms with Crippen LogP contribution < -0.4 is 0 Å². The van der Waals surface area contributed by atoms with E-state index in [1.807, 2.05) is 37.3 Å². The number of benzene rings is 1. The molecule has 0 spiro atoms. The van der Waals surface area contributed by atoms with Crippen molar-refractivity contribution in [2.75, 3.05) is 6.54 Å². The maximum atomic E-state index is 12.1. The fourth-order valence-corrected chi connectivity index (χ4v) is 2.50. The number of Topliss-reactive ketones (excluding diaryl/α,β-unsaturated/α-hetero) is 1. The first-order valence-electron chi connectivity index (χ1n) is 7.05. The smallest absolute Gasteiger partial charge is 0.410 e. The highest BCUT2D eigenvalue weighted by molar-refractivity contribution is 5.79. The van der Waals surface area contributed by atoms with Crippen LogP contribution in [0.15, 0.2) is 30.3 Å². The van der Waals surface area contributed by atoms with Crippen LogP contribution in [0.5, 0.6) is 0 Å². The summed E-state index contributed by atoms with van der Waals surface area (Å²) in [6.45, 7) is 4.34. The van der Waals surface area contributed by atoms with E-state index in [4.69, 9.17) is 4.74 Å². The molecule has 4 heteroatoms. The molecule has 0 N–H and O–H groups in total. The summed E-state index contributed by atoms with van der Waals surface area (Å²) in [4.78, 5) is 25.3. The largest absolute Gasteiger partial charge is 0.445 e. The Labute approximate surface area is 119 Å². The van der Waals surface area contributed by atoms with Crippen LogP contribution in [-0.2, 0) is 16.1 Å². The standard InChI is InChI=1S/C16H21NO3/c1-12-8-9-15(13(2)18)10-17(12)16(19)20-11-14-6-4-3-5-7-14/h3-7,12,15H,8-11H2,1-2H3/t12-,15-/m0/s1. The minimum Gasteiger partial charge on any atom is -0.445 e. The zero-order valence-electron chi connectivity index (χ0n) is 12.0. The molecule has 0 radical (unpaired) electrons. The first-order valence-corrected chi connectivity index (χ1v) is 7.05. The molecule has 1 aliphatic rings. The van der Waals surface area contributed by atoms with Gasteiger partial charge < -0.3 is 9.64 Å². The minimum absolute atomic E-state index is 0.0459. The van der Waals surface area contributed by atoms with Crippen molar-refractivity contribution >= 4 is 11.9 Å². The van der Waals surface area contributed by atoms with Crippen LogP contribution in [-0.4, -0.2) is 29.4 Å². The number of hydrogen-bond acceptors (Lipinski definition) is 3. The second-order valence-corrected chi connectivity index (χ2v) is 5.43. The van der Waals surface area contributed by atoms with Gasteiger partial charge in [-0.3, -0.25) is 4.79 Å². The molecule has 0 saturated carbocycles. The maximum Gasteiger partial charge on any atom is 0.410 e. The number of amides is 1. The molecular weight excluding hydrogens is 254 g/mol. The molecule has 0 bridgehead atoms. The predicted molar refractivity (Wildman–Crippen MR) is 76.2 cm³/mol. The Balaban J connectivity index is 1.91. The molecule has 1 aliphatic heterocycles. The van der Waals surface area contributed by atoms with Crippen molar-refractivity contribution < 1.29 is 14.3 Å². The zero-order chi connectivity index (χ0) is 14.5. The SMILES string of the molecule is CC(=O)[C@H]1CC[C@H](C)N(C(=O)OCc2ccccc2)C1. The number of rotatable bonds is 3. The fourth-order valence-electron chi connectivity index (χ4n) is 2.50. The van der Waals surface area contributed by atoms with Gasteiger partial charge in [0.2, 0.25) is 0 Å². The first kappa shape index (κ1) is 14.6. The Morgan fingerprint density at radius 2 is 1.95 bits per heavy atom. The number of carbonyl (C=O) groups excluding carboxylic acids is 2. The van der Waals surface area contributed by atoms with Crippen LogP contribution in [0.2, 0.25) is 0 Å². The molecule has 1 saturated heterocycles. The molecular formula is C16H21NO3. The van der Waals surface area contributed by atoms with Gasteiger partial charge in [0.25, 0.3) is 0 Å². The summed E-state index contributed by atoms with van der Waals surface area (Å²) in [6, 6.07) is 9.73. The van der Waals surface area contributed by atoms with Crippen LogP contribution in [0.25, 0.3) is 0 Å². The number of nitrogens with zero attached hydrogens (tertiary/aromatic N) is 1. The van der Waals surface area contributed by atoms with Gasteiger partial charge in [-0.15, -0.1) is 0 Å². The van der Waals surface area contributed by atoms with Crippen LogP contribution in [0, 0.1) is 5.92 Å². The Morgan fingerprint density at radius 1 is 1.25 bits per heavy atom. The molecule has 1 aromatic rings. The lowest BCUT2D eigenvalue weighted by Gasteiger charge is -2.36. The molecule has 20 heavy (non-hydrogen) atoms. The van der Waals surface area contributed by atoms with Gasteiger partial charge in [-0.05, 0) is 32.3 Å². The summed E-state index contributed by atoms with van der Waals surface area (Å²) < 4.78 is 5.34. The predicted octanol–water partition coefficient (Wildman–Crippen LogP) is 3.01. The molecule has 0 aromatic heterocycles. The molecule has 0 aliphatic carbocycles. The first-order chi connectivity index (χ1) is 9.58. The molecule has 1 amide bonds. The average molecular weight is 275 g/mol. The second kappa shape index (κ2) is 6.55. The number of hydrogen-bond donors (Lipinski definition) is 0. The normalized spacial score (nSPS) is 22.4. The van der Waals surface area contributed by atoms with E-state index in [1.165, 1.54) is 0 Å².